The molecule has 360 valence electrons. The number of nitrogens with two attached hydrogens (primary N) is 3. The third-order valence-corrected chi connectivity index (χ3v) is 8.93. The van der Waals surface area contributed by atoms with Gasteiger partial charge in [-0.3, -0.25) is 19.2 Å². The highest BCUT2D eigenvalue weighted by molar-refractivity contribution is 5.89. The number of amides is 3. The number of ether oxygens (including phenoxy) is 9. The Morgan fingerprint density at radius 3 is 1.21 bits per heavy atom. The van der Waals surface area contributed by atoms with E-state index < -0.39 is 12.0 Å². The Morgan fingerprint density at radius 1 is 0.443 bits per heavy atom. The van der Waals surface area contributed by atoms with Gasteiger partial charge in [0.15, 0.2) is 0 Å². The first-order valence-corrected chi connectivity index (χ1v) is 22.5. The maximum absolute atomic E-state index is 12.8. The van der Waals surface area contributed by atoms with Crippen molar-refractivity contribution in [2.75, 3.05) is 152 Å². The van der Waals surface area contributed by atoms with Gasteiger partial charge in [-0.2, -0.15) is 0 Å². The maximum Gasteiger partial charge on any atom is 0.223 e. The largest absolute Gasteiger partial charge is 0.382 e. The molecular weight excluding hydrogens is 796 g/mol. The number of nitrogens with one attached hydrogen (secondary N) is 3. The summed E-state index contributed by atoms with van der Waals surface area (Å²) >= 11 is 0. The van der Waals surface area contributed by atoms with E-state index >= 15 is 0 Å². The summed E-state index contributed by atoms with van der Waals surface area (Å²) in [5.41, 5.74) is 17.2. The molecule has 61 heavy (non-hydrogen) atoms. The number of unbranched alkanes of at least 4 members (excludes halogenated alkanes) is 2. The van der Waals surface area contributed by atoms with Gasteiger partial charge in [0.25, 0.3) is 0 Å². The summed E-state index contributed by atoms with van der Waals surface area (Å²) in [6.45, 7) is 12.8. The van der Waals surface area contributed by atoms with Crippen LogP contribution in [-0.2, 0) is 61.8 Å². The summed E-state index contributed by atoms with van der Waals surface area (Å²) < 4.78 is 49.2. The van der Waals surface area contributed by atoms with Crippen LogP contribution in [0.15, 0.2) is 0 Å². The van der Waals surface area contributed by atoms with E-state index in [1.165, 1.54) is 0 Å². The van der Waals surface area contributed by atoms with E-state index in [2.05, 4.69) is 16.0 Å². The van der Waals surface area contributed by atoms with Gasteiger partial charge in [0.2, 0.25) is 17.7 Å². The van der Waals surface area contributed by atoms with Gasteiger partial charge in [-0.05, 0) is 65.0 Å². The standard InChI is InChI=1S/C42H84N6O13/c1-2-53-19-7-16-46-40(50)12-22-56-26-30-59-32-34-61-35-33-60-31-27-57-23-13-41(51)47-17-8-20-54-24-28-58-29-25-55-21-9-18-48-42(52)37(10-3-5-14-43)36-39(49)38(45)11-4-6-15-44/h37-38H,2-36,43-45H2,1H3,(H,46,50)(H,47,51)(H,48,52)/t37-,38+/m1/s1. The third-order valence-electron chi connectivity index (χ3n) is 8.93. The van der Waals surface area contributed by atoms with Gasteiger partial charge in [-0.25, -0.2) is 0 Å². The number of hydrogen-bond donors (Lipinski definition) is 6. The van der Waals surface area contributed by atoms with Crippen LogP contribution in [0.3, 0.4) is 0 Å². The molecule has 0 saturated heterocycles. The van der Waals surface area contributed by atoms with Gasteiger partial charge in [0.05, 0.1) is 98.5 Å². The van der Waals surface area contributed by atoms with E-state index in [0.29, 0.717) is 184 Å². The van der Waals surface area contributed by atoms with E-state index in [0.717, 1.165) is 32.1 Å². The Balaban J connectivity index is 3.50. The molecule has 0 aromatic heterocycles. The molecular formula is C42H84N6O13. The molecule has 0 rings (SSSR count). The normalized spacial score (nSPS) is 12.3. The average molecular weight is 881 g/mol. The lowest BCUT2D eigenvalue weighted by atomic mass is 9.91. The van der Waals surface area contributed by atoms with Crippen molar-refractivity contribution >= 4 is 23.5 Å². The fourth-order valence-electron chi connectivity index (χ4n) is 5.43. The lowest BCUT2D eigenvalue weighted by Gasteiger charge is -2.18. The molecule has 3 amide bonds. The lowest BCUT2D eigenvalue weighted by molar-refractivity contribution is -0.130. The minimum atomic E-state index is -0.563. The Hall–Kier alpha value is -2.40. The molecule has 19 heteroatoms. The van der Waals surface area contributed by atoms with Crippen LogP contribution in [0.2, 0.25) is 0 Å². The predicted octanol–water partition coefficient (Wildman–Crippen LogP) is 0.615. The molecule has 0 bridgehead atoms. The van der Waals surface area contributed by atoms with Crippen molar-refractivity contribution in [3.05, 3.63) is 0 Å². The number of rotatable bonds is 49. The lowest BCUT2D eigenvalue weighted by Crippen LogP contribution is -2.37. The Morgan fingerprint density at radius 2 is 0.803 bits per heavy atom. The summed E-state index contributed by atoms with van der Waals surface area (Å²) in [4.78, 5) is 49.1. The van der Waals surface area contributed by atoms with Crippen LogP contribution < -0.4 is 33.2 Å². The molecule has 0 spiro atoms. The molecule has 0 heterocycles. The van der Waals surface area contributed by atoms with Crippen molar-refractivity contribution in [2.24, 2.45) is 23.1 Å². The fraction of sp³-hybridized carbons (Fsp3) is 0.905. The zero-order valence-electron chi connectivity index (χ0n) is 37.4. The highest BCUT2D eigenvalue weighted by Gasteiger charge is 2.24. The highest BCUT2D eigenvalue weighted by atomic mass is 16.6. The third kappa shape index (κ3) is 42.7. The van der Waals surface area contributed by atoms with E-state index in [9.17, 15) is 19.2 Å². The SMILES string of the molecule is CCOCCCNC(=O)CCOCCOCCOCCOCCOCCC(=O)NCCCOCCOCCOCCCNC(=O)[C@H](CCCCN)CC(=O)[C@@H](N)CCCCN. The molecule has 0 aromatic rings. The van der Waals surface area contributed by atoms with Crippen molar-refractivity contribution < 1.29 is 61.8 Å². The topological polar surface area (TPSA) is 266 Å². The Bertz CT molecular complexity index is 1020. The fourth-order valence-corrected chi connectivity index (χ4v) is 5.43. The van der Waals surface area contributed by atoms with E-state index in [1.54, 1.807) is 0 Å². The van der Waals surface area contributed by atoms with Crippen LogP contribution in [0.5, 0.6) is 0 Å². The molecule has 9 N–H and O–H groups in total. The van der Waals surface area contributed by atoms with Gasteiger partial charge in [0, 0.05) is 71.2 Å². The van der Waals surface area contributed by atoms with E-state index in [1.807, 2.05) is 6.92 Å². The van der Waals surface area contributed by atoms with Crippen LogP contribution >= 0.6 is 0 Å². The van der Waals surface area contributed by atoms with Crippen molar-refractivity contribution in [2.45, 2.75) is 90.0 Å². The van der Waals surface area contributed by atoms with Crippen molar-refractivity contribution in [3.8, 4) is 0 Å². The van der Waals surface area contributed by atoms with Crippen molar-refractivity contribution in [3.63, 3.8) is 0 Å². The first-order chi connectivity index (χ1) is 29.8. The number of carbonyl (C=O) groups excluding carboxylic acids is 4. The molecule has 0 aromatic carbocycles. The first-order valence-electron chi connectivity index (χ1n) is 22.5. The monoisotopic (exact) mass is 881 g/mol. The smallest absolute Gasteiger partial charge is 0.223 e. The molecule has 0 aliphatic heterocycles. The second-order valence-corrected chi connectivity index (χ2v) is 14.2. The van der Waals surface area contributed by atoms with Gasteiger partial charge in [-0.1, -0.05) is 12.8 Å². The molecule has 0 unspecified atom stereocenters. The van der Waals surface area contributed by atoms with E-state index in [-0.39, 0.29) is 36.3 Å². The van der Waals surface area contributed by atoms with Crippen LogP contribution in [0.4, 0.5) is 0 Å². The summed E-state index contributed by atoms with van der Waals surface area (Å²) in [7, 11) is 0. The zero-order chi connectivity index (χ0) is 44.7. The summed E-state index contributed by atoms with van der Waals surface area (Å²) in [6.07, 6.45) is 7.27. The van der Waals surface area contributed by atoms with Crippen molar-refractivity contribution in [1.82, 2.24) is 16.0 Å². The van der Waals surface area contributed by atoms with Crippen LogP contribution in [0.25, 0.3) is 0 Å². The number of carbonyl (C=O) groups is 4. The highest BCUT2D eigenvalue weighted by Crippen LogP contribution is 2.16. The Labute approximate surface area is 365 Å². The second-order valence-electron chi connectivity index (χ2n) is 14.2. The molecule has 0 fully saturated rings. The number of Topliss-reactive ketones (excluding diaryl/α,β-unsaturated/α-hetero) is 1. The number of hydrogen-bond acceptors (Lipinski definition) is 16. The molecule has 0 saturated carbocycles. The van der Waals surface area contributed by atoms with Gasteiger partial charge < -0.3 is 75.8 Å². The van der Waals surface area contributed by atoms with Gasteiger partial charge >= 0.3 is 0 Å². The average Bonchev–Trinajstić information content (AvgIpc) is 3.25. The first kappa shape index (κ1) is 58.6. The molecule has 0 radical (unpaired) electrons. The molecule has 19 nitrogen and oxygen atoms in total. The maximum atomic E-state index is 12.8. The van der Waals surface area contributed by atoms with Crippen LogP contribution in [0, 0.1) is 5.92 Å². The molecule has 2 atom stereocenters. The quantitative estimate of drug-likeness (QED) is 0.0458. The number of ketones is 1. The minimum absolute atomic E-state index is 0.0308. The summed E-state index contributed by atoms with van der Waals surface area (Å²) in [6, 6.07) is -0.563. The second kappa shape index (κ2) is 47.1. The van der Waals surface area contributed by atoms with Crippen LogP contribution in [0.1, 0.15) is 84.0 Å². The van der Waals surface area contributed by atoms with E-state index in [4.69, 9.17) is 59.8 Å². The minimum Gasteiger partial charge on any atom is -0.382 e. The van der Waals surface area contributed by atoms with Crippen molar-refractivity contribution in [1.29, 1.82) is 0 Å². The van der Waals surface area contributed by atoms with Gasteiger partial charge in [-0.15, -0.1) is 0 Å². The van der Waals surface area contributed by atoms with Gasteiger partial charge in [0.1, 0.15) is 5.78 Å². The molecule has 0 aliphatic carbocycles. The summed E-state index contributed by atoms with van der Waals surface area (Å²) in [5, 5.41) is 8.61. The summed E-state index contributed by atoms with van der Waals surface area (Å²) in [5.74, 6) is -0.732. The predicted molar refractivity (Wildman–Crippen MR) is 232 cm³/mol. The zero-order valence-corrected chi connectivity index (χ0v) is 37.4. The Kier molecular flexibility index (Phi) is 45.2. The van der Waals surface area contributed by atoms with Crippen LogP contribution in [-0.4, -0.2) is 181 Å². The molecule has 0 aliphatic rings.